The molecular formula is C19H23N3O4S. The van der Waals surface area contributed by atoms with Crippen LogP contribution in [-0.2, 0) is 10.0 Å². The average molecular weight is 389 g/mol. The molecule has 0 bridgehead atoms. The number of nitrogens with zero attached hydrogens (tertiary/aromatic N) is 2. The molecule has 0 atom stereocenters. The molecule has 3 rings (SSSR count). The van der Waals surface area contributed by atoms with Crippen molar-refractivity contribution in [3.05, 3.63) is 54.1 Å². The smallest absolute Gasteiger partial charge is 0.256 e. The molecular weight excluding hydrogens is 366 g/mol. The van der Waals surface area contributed by atoms with Gasteiger partial charge in [-0.1, -0.05) is 12.1 Å². The number of sulfonamides is 1. The van der Waals surface area contributed by atoms with Gasteiger partial charge in [0.1, 0.15) is 5.75 Å². The van der Waals surface area contributed by atoms with E-state index >= 15 is 0 Å². The van der Waals surface area contributed by atoms with Crippen LogP contribution in [0.25, 0.3) is 0 Å². The Morgan fingerprint density at radius 2 is 1.63 bits per heavy atom. The summed E-state index contributed by atoms with van der Waals surface area (Å²) in [5, 5.41) is 3.27. The highest BCUT2D eigenvalue weighted by molar-refractivity contribution is 7.88. The minimum atomic E-state index is -3.22. The van der Waals surface area contributed by atoms with E-state index in [1.54, 1.807) is 18.1 Å². The quantitative estimate of drug-likeness (QED) is 0.848. The summed E-state index contributed by atoms with van der Waals surface area (Å²) >= 11 is 0. The van der Waals surface area contributed by atoms with E-state index in [1.807, 2.05) is 42.5 Å². The van der Waals surface area contributed by atoms with Crippen molar-refractivity contribution in [2.45, 2.75) is 0 Å². The predicted octanol–water partition coefficient (Wildman–Crippen LogP) is 2.16. The van der Waals surface area contributed by atoms with Crippen molar-refractivity contribution in [2.75, 3.05) is 44.9 Å². The number of para-hydroxylation sites is 1. The van der Waals surface area contributed by atoms with Gasteiger partial charge in [-0.25, -0.2) is 8.42 Å². The van der Waals surface area contributed by atoms with Crippen LogP contribution in [0, 0.1) is 0 Å². The monoisotopic (exact) mass is 389 g/mol. The van der Waals surface area contributed by atoms with Crippen molar-refractivity contribution in [1.29, 1.82) is 0 Å². The summed E-state index contributed by atoms with van der Waals surface area (Å²) in [6.45, 7) is 1.39. The number of carbonyl (C=O) groups excluding carboxylic acids is 1. The lowest BCUT2D eigenvalue weighted by molar-refractivity contribution is 0.0699. The number of nitrogens with one attached hydrogen (secondary N) is 1. The maximum absolute atomic E-state index is 13.0. The Morgan fingerprint density at radius 1 is 1.00 bits per heavy atom. The fourth-order valence-electron chi connectivity index (χ4n) is 3.00. The molecule has 1 aliphatic rings. The minimum absolute atomic E-state index is 0.111. The number of hydrogen-bond donors (Lipinski definition) is 1. The number of amides is 1. The van der Waals surface area contributed by atoms with Gasteiger partial charge >= 0.3 is 0 Å². The van der Waals surface area contributed by atoms with Gasteiger partial charge in [-0.15, -0.1) is 0 Å². The number of piperazine rings is 1. The molecule has 1 saturated heterocycles. The molecule has 7 nitrogen and oxygen atoms in total. The van der Waals surface area contributed by atoms with Crippen molar-refractivity contribution in [3.63, 3.8) is 0 Å². The molecule has 1 N–H and O–H groups in total. The summed E-state index contributed by atoms with van der Waals surface area (Å²) in [6.07, 6.45) is 1.19. The second kappa shape index (κ2) is 7.98. The van der Waals surface area contributed by atoms with Crippen LogP contribution in [0.1, 0.15) is 10.4 Å². The minimum Gasteiger partial charge on any atom is -0.497 e. The largest absolute Gasteiger partial charge is 0.497 e. The number of methoxy groups -OCH3 is 1. The second-order valence-electron chi connectivity index (χ2n) is 6.35. The number of ether oxygens (including phenoxy) is 1. The predicted molar refractivity (Wildman–Crippen MR) is 105 cm³/mol. The summed E-state index contributed by atoms with van der Waals surface area (Å²) in [6, 6.07) is 14.8. The Balaban J connectivity index is 1.74. The Labute approximate surface area is 159 Å². The van der Waals surface area contributed by atoms with Gasteiger partial charge in [-0.3, -0.25) is 4.79 Å². The molecule has 0 radical (unpaired) electrons. The molecule has 1 aliphatic heterocycles. The molecule has 0 aromatic heterocycles. The third-order valence-corrected chi connectivity index (χ3v) is 5.82. The highest BCUT2D eigenvalue weighted by Crippen LogP contribution is 2.24. The Hall–Kier alpha value is -2.58. The highest BCUT2D eigenvalue weighted by Gasteiger charge is 2.27. The summed E-state index contributed by atoms with van der Waals surface area (Å²) in [5.41, 5.74) is 2.11. The zero-order valence-electron chi connectivity index (χ0n) is 15.4. The van der Waals surface area contributed by atoms with Crippen LogP contribution in [0.3, 0.4) is 0 Å². The highest BCUT2D eigenvalue weighted by atomic mass is 32.2. The van der Waals surface area contributed by atoms with E-state index in [4.69, 9.17) is 4.74 Å². The number of rotatable bonds is 5. The maximum Gasteiger partial charge on any atom is 0.256 e. The lowest BCUT2D eigenvalue weighted by Gasteiger charge is -2.33. The van der Waals surface area contributed by atoms with Crippen LogP contribution in [-0.4, -0.2) is 63.1 Å². The van der Waals surface area contributed by atoms with Crippen LogP contribution < -0.4 is 10.1 Å². The number of anilines is 2. The fourth-order valence-corrected chi connectivity index (χ4v) is 3.83. The van der Waals surface area contributed by atoms with Gasteiger partial charge in [-0.05, 0) is 36.4 Å². The molecule has 1 heterocycles. The van der Waals surface area contributed by atoms with Gasteiger partial charge in [0.2, 0.25) is 10.0 Å². The van der Waals surface area contributed by atoms with E-state index in [-0.39, 0.29) is 5.91 Å². The first-order valence-corrected chi connectivity index (χ1v) is 10.5. The zero-order valence-corrected chi connectivity index (χ0v) is 16.2. The van der Waals surface area contributed by atoms with Crippen molar-refractivity contribution < 1.29 is 17.9 Å². The molecule has 2 aromatic rings. The Kier molecular flexibility index (Phi) is 5.67. The van der Waals surface area contributed by atoms with Gasteiger partial charge in [0, 0.05) is 31.9 Å². The number of carbonyl (C=O) groups is 1. The van der Waals surface area contributed by atoms with E-state index in [9.17, 15) is 13.2 Å². The Bertz CT molecular complexity index is 905. The first kappa shape index (κ1) is 19.2. The molecule has 0 spiro atoms. The molecule has 1 amide bonds. The standard InChI is InChI=1S/C19H23N3O4S/c1-26-16-9-7-15(8-10-16)20-18-6-4-3-5-17(18)19(23)21-11-13-22(14-12-21)27(2,24)25/h3-10,20H,11-14H2,1-2H3. The fraction of sp³-hybridized carbons (Fsp3) is 0.316. The second-order valence-corrected chi connectivity index (χ2v) is 8.34. The van der Waals surface area contributed by atoms with Crippen LogP contribution in [0.15, 0.2) is 48.5 Å². The normalized spacial score (nSPS) is 15.4. The molecule has 0 saturated carbocycles. The molecule has 27 heavy (non-hydrogen) atoms. The van der Waals surface area contributed by atoms with Crippen LogP contribution in [0.4, 0.5) is 11.4 Å². The van der Waals surface area contributed by atoms with Crippen molar-refractivity contribution in [2.24, 2.45) is 0 Å². The number of benzene rings is 2. The average Bonchev–Trinajstić information content (AvgIpc) is 2.68. The SMILES string of the molecule is COc1ccc(Nc2ccccc2C(=O)N2CCN(S(C)(=O)=O)CC2)cc1. The van der Waals surface area contributed by atoms with Gasteiger partial charge < -0.3 is 15.0 Å². The van der Waals surface area contributed by atoms with Crippen LogP contribution in [0.2, 0.25) is 0 Å². The third-order valence-electron chi connectivity index (χ3n) is 4.52. The van der Waals surface area contributed by atoms with E-state index in [0.717, 1.165) is 11.4 Å². The summed E-state index contributed by atoms with van der Waals surface area (Å²) in [4.78, 5) is 14.7. The molecule has 1 fully saturated rings. The molecule has 0 unspecified atom stereocenters. The first-order chi connectivity index (χ1) is 12.9. The Morgan fingerprint density at radius 3 is 2.22 bits per heavy atom. The molecule has 8 heteroatoms. The number of hydrogen-bond acceptors (Lipinski definition) is 5. The lowest BCUT2D eigenvalue weighted by Crippen LogP contribution is -2.50. The lowest BCUT2D eigenvalue weighted by atomic mass is 10.1. The van der Waals surface area contributed by atoms with Crippen LogP contribution in [0.5, 0.6) is 5.75 Å². The van der Waals surface area contributed by atoms with E-state index in [0.29, 0.717) is 37.4 Å². The van der Waals surface area contributed by atoms with Gasteiger partial charge in [0.25, 0.3) is 5.91 Å². The summed E-state index contributed by atoms with van der Waals surface area (Å²) < 4.78 is 29.8. The van der Waals surface area contributed by atoms with E-state index in [1.165, 1.54) is 10.6 Å². The molecule has 2 aromatic carbocycles. The zero-order chi connectivity index (χ0) is 19.4. The van der Waals surface area contributed by atoms with Crippen molar-refractivity contribution in [1.82, 2.24) is 9.21 Å². The van der Waals surface area contributed by atoms with Crippen LogP contribution >= 0.6 is 0 Å². The van der Waals surface area contributed by atoms with Gasteiger partial charge in [0.05, 0.1) is 24.6 Å². The van der Waals surface area contributed by atoms with Crippen molar-refractivity contribution in [3.8, 4) is 5.75 Å². The topological polar surface area (TPSA) is 79.0 Å². The summed E-state index contributed by atoms with van der Waals surface area (Å²) in [7, 11) is -1.61. The first-order valence-electron chi connectivity index (χ1n) is 8.63. The molecule has 0 aliphatic carbocycles. The van der Waals surface area contributed by atoms with E-state index in [2.05, 4.69) is 5.32 Å². The molecule has 144 valence electrons. The summed E-state index contributed by atoms with van der Waals surface area (Å²) in [5.74, 6) is 0.647. The van der Waals surface area contributed by atoms with Gasteiger partial charge in [0.15, 0.2) is 0 Å². The maximum atomic E-state index is 13.0. The van der Waals surface area contributed by atoms with Gasteiger partial charge in [-0.2, -0.15) is 4.31 Å². The third kappa shape index (κ3) is 4.58. The van der Waals surface area contributed by atoms with Crippen molar-refractivity contribution >= 4 is 27.3 Å². The van der Waals surface area contributed by atoms with E-state index < -0.39 is 10.0 Å².